The van der Waals surface area contributed by atoms with Crippen LogP contribution >= 0.6 is 49.6 Å². The summed E-state index contributed by atoms with van der Waals surface area (Å²) in [6.07, 6.45) is 1.21. The molecule has 5 N–H and O–H groups in total. The van der Waals surface area contributed by atoms with Gasteiger partial charge in [0.25, 0.3) is 0 Å². The molecule has 0 aliphatic carbocycles. The molecule has 0 aromatic rings. The summed E-state index contributed by atoms with van der Waals surface area (Å²) in [7, 11) is 0. The van der Waals surface area contributed by atoms with Crippen molar-refractivity contribution in [3.05, 3.63) is 0 Å². The van der Waals surface area contributed by atoms with Crippen molar-refractivity contribution < 1.29 is 0 Å². The average molecular weight is 334 g/mol. The smallest absolute Gasteiger partial charge is 0.00772 e. The third-order valence-corrected chi connectivity index (χ3v) is 1.70. The summed E-state index contributed by atoms with van der Waals surface area (Å²) in [6, 6.07) is 0. The van der Waals surface area contributed by atoms with Gasteiger partial charge in [-0.3, -0.25) is 0 Å². The number of hydrogen-bond donors (Lipinski definition) is 4. The van der Waals surface area contributed by atoms with Crippen LogP contribution in [0.3, 0.4) is 0 Å². The molecule has 0 unspecified atom stereocenters. The van der Waals surface area contributed by atoms with Gasteiger partial charge in [0, 0.05) is 39.3 Å². The quantitative estimate of drug-likeness (QED) is 0.447. The summed E-state index contributed by atoms with van der Waals surface area (Å²) in [5, 5.41) is 9.90. The predicted molar refractivity (Wildman–Crippen MR) is 86.9 cm³/mol. The topological polar surface area (TPSA) is 62.1 Å². The lowest BCUT2D eigenvalue weighted by Gasteiger charge is -2.06. The zero-order valence-electron chi connectivity index (χ0n) is 10.4. The number of halogens is 4. The van der Waals surface area contributed by atoms with Gasteiger partial charge in [0.05, 0.1) is 0 Å². The van der Waals surface area contributed by atoms with E-state index in [-0.39, 0.29) is 49.6 Å². The molecule has 0 bridgehead atoms. The van der Waals surface area contributed by atoms with Gasteiger partial charge >= 0.3 is 0 Å². The van der Waals surface area contributed by atoms with Crippen LogP contribution in [0.15, 0.2) is 0 Å². The first-order chi connectivity index (χ1) is 6.41. The molecule has 0 fully saturated rings. The first-order valence-electron chi connectivity index (χ1n) is 5.24. The fourth-order valence-corrected chi connectivity index (χ4v) is 1.01. The van der Waals surface area contributed by atoms with Crippen molar-refractivity contribution in [3.63, 3.8) is 0 Å². The van der Waals surface area contributed by atoms with Gasteiger partial charge in [0.2, 0.25) is 0 Å². The Labute approximate surface area is 130 Å². The maximum Gasteiger partial charge on any atom is 0.00772 e. The van der Waals surface area contributed by atoms with Crippen molar-refractivity contribution in [1.82, 2.24) is 16.0 Å². The fourth-order valence-electron chi connectivity index (χ4n) is 1.01. The Morgan fingerprint density at radius 3 is 1.35 bits per heavy atom. The van der Waals surface area contributed by atoms with Crippen molar-refractivity contribution in [1.29, 1.82) is 0 Å². The molecule has 0 spiro atoms. The normalized spacial score (nSPS) is 8.12. The van der Waals surface area contributed by atoms with Gasteiger partial charge in [-0.15, -0.1) is 49.6 Å². The minimum Gasteiger partial charge on any atom is -0.329 e. The molecule has 0 aliphatic heterocycles. The Morgan fingerprint density at radius 1 is 0.647 bits per heavy atom. The highest BCUT2D eigenvalue weighted by atomic mass is 35.5. The van der Waals surface area contributed by atoms with Crippen LogP contribution in [-0.4, -0.2) is 45.8 Å². The van der Waals surface area contributed by atoms with Crippen molar-refractivity contribution in [2.24, 2.45) is 5.73 Å². The molecule has 17 heavy (non-hydrogen) atoms. The molecule has 0 saturated carbocycles. The Bertz CT molecular complexity index is 91.1. The van der Waals surface area contributed by atoms with E-state index in [1.165, 1.54) is 6.42 Å². The molecule has 8 heteroatoms. The number of nitrogens with two attached hydrogens (primary N) is 1. The molecule has 0 amide bonds. The number of hydrogen-bond acceptors (Lipinski definition) is 4. The highest BCUT2D eigenvalue weighted by molar-refractivity contribution is 5.86. The van der Waals surface area contributed by atoms with Crippen molar-refractivity contribution in [2.75, 3.05) is 45.8 Å². The molecule has 4 nitrogen and oxygen atoms in total. The van der Waals surface area contributed by atoms with Gasteiger partial charge in [-0.2, -0.15) is 0 Å². The van der Waals surface area contributed by atoms with E-state index in [2.05, 4.69) is 22.9 Å². The van der Waals surface area contributed by atoms with Gasteiger partial charge in [-0.05, 0) is 13.0 Å². The summed E-state index contributed by atoms with van der Waals surface area (Å²) in [6.45, 7) is 9.06. The highest BCUT2D eigenvalue weighted by Crippen LogP contribution is 1.67. The van der Waals surface area contributed by atoms with E-state index in [1.807, 2.05) is 0 Å². The molecule has 0 saturated heterocycles. The lowest BCUT2D eigenvalue weighted by Crippen LogP contribution is -2.34. The predicted octanol–water partition coefficient (Wildman–Crippen LogP) is 0.811. The maximum atomic E-state index is 5.33. The van der Waals surface area contributed by atoms with Gasteiger partial charge in [-0.1, -0.05) is 6.92 Å². The van der Waals surface area contributed by atoms with Crippen LogP contribution in [0.25, 0.3) is 0 Å². The van der Waals surface area contributed by atoms with Crippen molar-refractivity contribution in [2.45, 2.75) is 13.3 Å². The summed E-state index contributed by atoms with van der Waals surface area (Å²) in [4.78, 5) is 0. The summed E-state index contributed by atoms with van der Waals surface area (Å²) >= 11 is 0. The first kappa shape index (κ1) is 30.8. The molecule has 0 atom stereocenters. The second-order valence-corrected chi connectivity index (χ2v) is 3.04. The Balaban J connectivity index is -0.000000120. The molecular formula is C9H28Cl4N4. The Hall–Kier alpha value is 1.00. The molecular weight excluding hydrogens is 306 g/mol. The summed E-state index contributed by atoms with van der Waals surface area (Å²) in [5.41, 5.74) is 5.33. The fraction of sp³-hybridized carbons (Fsp3) is 1.00. The zero-order chi connectivity index (χ0) is 9.78. The van der Waals surface area contributed by atoms with E-state index in [0.29, 0.717) is 0 Å². The van der Waals surface area contributed by atoms with E-state index in [9.17, 15) is 0 Å². The van der Waals surface area contributed by atoms with Gasteiger partial charge in [0.1, 0.15) is 0 Å². The van der Waals surface area contributed by atoms with Crippen molar-refractivity contribution >= 4 is 49.6 Å². The summed E-state index contributed by atoms with van der Waals surface area (Å²) < 4.78 is 0. The second-order valence-electron chi connectivity index (χ2n) is 3.04. The molecule has 0 aliphatic rings. The van der Waals surface area contributed by atoms with Crippen LogP contribution in [-0.2, 0) is 0 Å². The standard InChI is InChI=1S/C9H24N4.4ClH/c1-2-4-11-6-8-13-9-7-12-5-3-10;;;;/h11-13H,2-10H2,1H3;4*1H. The summed E-state index contributed by atoms with van der Waals surface area (Å²) in [5.74, 6) is 0. The van der Waals surface area contributed by atoms with E-state index < -0.39 is 0 Å². The second kappa shape index (κ2) is 30.2. The molecule has 0 aromatic carbocycles. The van der Waals surface area contributed by atoms with Crippen LogP contribution < -0.4 is 21.7 Å². The molecule has 0 rings (SSSR count). The van der Waals surface area contributed by atoms with Crippen LogP contribution in [0.5, 0.6) is 0 Å². The molecule has 0 heterocycles. The first-order valence-corrected chi connectivity index (χ1v) is 5.24. The van der Waals surface area contributed by atoms with Gasteiger partial charge in [0.15, 0.2) is 0 Å². The minimum atomic E-state index is 0. The highest BCUT2D eigenvalue weighted by Gasteiger charge is 1.87. The van der Waals surface area contributed by atoms with Crippen molar-refractivity contribution in [3.8, 4) is 0 Å². The van der Waals surface area contributed by atoms with Crippen LogP contribution in [0.1, 0.15) is 13.3 Å². The van der Waals surface area contributed by atoms with Gasteiger partial charge < -0.3 is 21.7 Å². The Morgan fingerprint density at radius 2 is 1.00 bits per heavy atom. The van der Waals surface area contributed by atoms with Crippen LogP contribution in [0.4, 0.5) is 0 Å². The van der Waals surface area contributed by atoms with Crippen LogP contribution in [0.2, 0.25) is 0 Å². The monoisotopic (exact) mass is 332 g/mol. The SMILES string of the molecule is CCCNCCNCCNCCN.Cl.Cl.Cl.Cl. The third-order valence-electron chi connectivity index (χ3n) is 1.70. The minimum absolute atomic E-state index is 0. The Kier molecular flexibility index (Phi) is 54.7. The molecule has 0 radical (unpaired) electrons. The van der Waals surface area contributed by atoms with E-state index in [0.717, 1.165) is 45.8 Å². The van der Waals surface area contributed by atoms with E-state index >= 15 is 0 Å². The van der Waals surface area contributed by atoms with E-state index in [4.69, 9.17) is 5.73 Å². The number of nitrogens with one attached hydrogen (secondary N) is 3. The lowest BCUT2D eigenvalue weighted by atomic mass is 10.4. The number of rotatable bonds is 10. The molecule has 112 valence electrons. The largest absolute Gasteiger partial charge is 0.329 e. The average Bonchev–Trinajstić information content (AvgIpc) is 2.16. The molecule has 0 aromatic heterocycles. The third kappa shape index (κ3) is 31.6. The van der Waals surface area contributed by atoms with Crippen LogP contribution in [0, 0.1) is 0 Å². The van der Waals surface area contributed by atoms with E-state index in [1.54, 1.807) is 0 Å². The maximum absolute atomic E-state index is 5.33. The lowest BCUT2D eigenvalue weighted by molar-refractivity contribution is 0.581. The van der Waals surface area contributed by atoms with Gasteiger partial charge in [-0.25, -0.2) is 0 Å². The zero-order valence-corrected chi connectivity index (χ0v) is 13.6.